The Hall–Kier alpha value is -2.83. The molecule has 0 aromatic heterocycles. The standard InChI is InChI=1S/C23H23ClN2O3S/c1-3-22(17-7-5-4-6-8-17)25-23(27)20-14-11-18(15-21(20)24)26-30(28,29)19-12-9-16(2)10-13-19/h4-15,22,26H,3H2,1-2H3,(H,25,27)/t22-/m1/s1. The summed E-state index contributed by atoms with van der Waals surface area (Å²) >= 11 is 6.30. The van der Waals surface area contributed by atoms with Crippen LogP contribution in [0.5, 0.6) is 0 Å². The molecule has 1 amide bonds. The SMILES string of the molecule is CC[C@@H](NC(=O)c1ccc(NS(=O)(=O)c2ccc(C)cc2)cc1Cl)c1ccccc1. The first-order valence-corrected chi connectivity index (χ1v) is 11.4. The summed E-state index contributed by atoms with van der Waals surface area (Å²) in [6.45, 7) is 3.87. The van der Waals surface area contributed by atoms with Gasteiger partial charge in [-0.3, -0.25) is 9.52 Å². The van der Waals surface area contributed by atoms with Crippen LogP contribution in [0.2, 0.25) is 5.02 Å². The molecule has 1 atom stereocenters. The van der Waals surface area contributed by atoms with Crippen LogP contribution in [0.1, 0.15) is 40.9 Å². The van der Waals surface area contributed by atoms with Crippen LogP contribution in [0.4, 0.5) is 5.69 Å². The van der Waals surface area contributed by atoms with Crippen LogP contribution in [0, 0.1) is 6.92 Å². The van der Waals surface area contributed by atoms with Crippen molar-refractivity contribution in [1.82, 2.24) is 5.32 Å². The second kappa shape index (κ2) is 9.32. The predicted octanol–water partition coefficient (Wildman–Crippen LogP) is 5.33. The first kappa shape index (κ1) is 21.9. The van der Waals surface area contributed by atoms with E-state index in [4.69, 9.17) is 11.6 Å². The summed E-state index contributed by atoms with van der Waals surface area (Å²) in [5, 5.41) is 3.14. The number of sulfonamides is 1. The van der Waals surface area contributed by atoms with E-state index in [-0.39, 0.29) is 33.1 Å². The van der Waals surface area contributed by atoms with Gasteiger partial charge in [0.2, 0.25) is 0 Å². The molecular formula is C23H23ClN2O3S. The Morgan fingerprint density at radius 3 is 2.27 bits per heavy atom. The van der Waals surface area contributed by atoms with Crippen molar-refractivity contribution >= 4 is 33.2 Å². The third kappa shape index (κ3) is 5.20. The van der Waals surface area contributed by atoms with Crippen molar-refractivity contribution in [2.75, 3.05) is 4.72 Å². The summed E-state index contributed by atoms with van der Waals surface area (Å²) in [5.74, 6) is -0.316. The highest BCUT2D eigenvalue weighted by molar-refractivity contribution is 7.92. The maximum Gasteiger partial charge on any atom is 0.261 e. The highest BCUT2D eigenvalue weighted by Crippen LogP contribution is 2.25. The van der Waals surface area contributed by atoms with Crippen molar-refractivity contribution < 1.29 is 13.2 Å². The monoisotopic (exact) mass is 442 g/mol. The van der Waals surface area contributed by atoms with E-state index < -0.39 is 10.0 Å². The van der Waals surface area contributed by atoms with Crippen LogP contribution in [0.3, 0.4) is 0 Å². The topological polar surface area (TPSA) is 75.3 Å². The maximum atomic E-state index is 12.7. The molecule has 0 aliphatic rings. The smallest absolute Gasteiger partial charge is 0.261 e. The van der Waals surface area contributed by atoms with E-state index in [1.54, 1.807) is 12.1 Å². The van der Waals surface area contributed by atoms with Gasteiger partial charge >= 0.3 is 0 Å². The highest BCUT2D eigenvalue weighted by atomic mass is 35.5. The van der Waals surface area contributed by atoms with Gasteiger partial charge in [0.05, 0.1) is 27.2 Å². The molecule has 7 heteroatoms. The molecule has 0 radical (unpaired) electrons. The number of nitrogens with one attached hydrogen (secondary N) is 2. The van der Waals surface area contributed by atoms with E-state index >= 15 is 0 Å². The number of hydrogen-bond acceptors (Lipinski definition) is 3. The lowest BCUT2D eigenvalue weighted by molar-refractivity contribution is 0.0935. The van der Waals surface area contributed by atoms with Gasteiger partial charge in [-0.2, -0.15) is 0 Å². The molecule has 3 rings (SSSR count). The largest absolute Gasteiger partial charge is 0.345 e. The maximum absolute atomic E-state index is 12.7. The summed E-state index contributed by atoms with van der Waals surface area (Å²) < 4.78 is 27.6. The van der Waals surface area contributed by atoms with Crippen molar-refractivity contribution in [3.05, 3.63) is 94.5 Å². The molecule has 3 aromatic carbocycles. The van der Waals surface area contributed by atoms with E-state index in [1.165, 1.54) is 30.3 Å². The van der Waals surface area contributed by atoms with Gasteiger partial charge in [-0.25, -0.2) is 8.42 Å². The van der Waals surface area contributed by atoms with Crippen molar-refractivity contribution in [1.29, 1.82) is 0 Å². The molecule has 30 heavy (non-hydrogen) atoms. The average molecular weight is 443 g/mol. The van der Waals surface area contributed by atoms with Gasteiger partial charge in [-0.05, 0) is 49.2 Å². The zero-order valence-electron chi connectivity index (χ0n) is 16.7. The van der Waals surface area contributed by atoms with Crippen molar-refractivity contribution in [3.63, 3.8) is 0 Å². The third-order valence-corrected chi connectivity index (χ3v) is 6.42. The number of anilines is 1. The molecule has 0 unspecified atom stereocenters. The van der Waals surface area contributed by atoms with Crippen LogP contribution in [0.15, 0.2) is 77.7 Å². The molecule has 0 saturated heterocycles. The molecule has 5 nitrogen and oxygen atoms in total. The average Bonchev–Trinajstić information content (AvgIpc) is 2.72. The van der Waals surface area contributed by atoms with Crippen LogP contribution in [-0.2, 0) is 10.0 Å². The molecule has 156 valence electrons. The zero-order chi connectivity index (χ0) is 21.7. The Labute approximate surface area is 182 Å². The minimum atomic E-state index is -3.75. The van der Waals surface area contributed by atoms with Crippen LogP contribution in [-0.4, -0.2) is 14.3 Å². The van der Waals surface area contributed by atoms with Crippen molar-refractivity contribution in [3.8, 4) is 0 Å². The summed E-state index contributed by atoms with van der Waals surface area (Å²) in [6.07, 6.45) is 0.724. The fraction of sp³-hybridized carbons (Fsp3) is 0.174. The van der Waals surface area contributed by atoms with Crippen LogP contribution < -0.4 is 10.0 Å². The Morgan fingerprint density at radius 2 is 1.67 bits per heavy atom. The Kier molecular flexibility index (Phi) is 6.80. The number of carbonyl (C=O) groups is 1. The molecule has 0 aliphatic heterocycles. The fourth-order valence-electron chi connectivity index (χ4n) is 3.04. The second-order valence-electron chi connectivity index (χ2n) is 6.96. The molecule has 0 bridgehead atoms. The molecule has 0 heterocycles. The molecule has 3 aromatic rings. The summed E-state index contributed by atoms with van der Waals surface area (Å²) in [4.78, 5) is 12.9. The minimum absolute atomic E-state index is 0.144. The lowest BCUT2D eigenvalue weighted by atomic mass is 10.0. The van der Waals surface area contributed by atoms with Gasteiger partial charge < -0.3 is 5.32 Å². The van der Waals surface area contributed by atoms with Gasteiger partial charge in [0, 0.05) is 0 Å². The number of benzene rings is 3. The van der Waals surface area contributed by atoms with Gasteiger partial charge in [0.15, 0.2) is 0 Å². The van der Waals surface area contributed by atoms with Gasteiger partial charge in [-0.15, -0.1) is 0 Å². The third-order valence-electron chi connectivity index (χ3n) is 4.71. The summed E-state index contributed by atoms with van der Waals surface area (Å²) in [6, 6.07) is 20.5. The molecule has 2 N–H and O–H groups in total. The van der Waals surface area contributed by atoms with Gasteiger partial charge in [-0.1, -0.05) is 66.6 Å². The highest BCUT2D eigenvalue weighted by Gasteiger charge is 2.18. The Bertz CT molecular complexity index is 1130. The van der Waals surface area contributed by atoms with E-state index in [1.807, 2.05) is 44.2 Å². The molecule has 0 saturated carbocycles. The van der Waals surface area contributed by atoms with Crippen LogP contribution >= 0.6 is 11.6 Å². The Morgan fingerprint density at radius 1 is 1.00 bits per heavy atom. The number of amides is 1. The Balaban J connectivity index is 1.76. The summed E-state index contributed by atoms with van der Waals surface area (Å²) in [5.41, 5.74) is 2.54. The predicted molar refractivity (Wildman–Crippen MR) is 120 cm³/mol. The number of carbonyl (C=O) groups excluding carboxylic acids is 1. The molecule has 0 aliphatic carbocycles. The lowest BCUT2D eigenvalue weighted by Gasteiger charge is -2.18. The first-order valence-electron chi connectivity index (χ1n) is 9.55. The number of halogens is 1. The van der Waals surface area contributed by atoms with Crippen molar-refractivity contribution in [2.24, 2.45) is 0 Å². The molecule has 0 fully saturated rings. The van der Waals surface area contributed by atoms with E-state index in [0.717, 1.165) is 17.5 Å². The van der Waals surface area contributed by atoms with Crippen molar-refractivity contribution in [2.45, 2.75) is 31.2 Å². The number of rotatable bonds is 7. The minimum Gasteiger partial charge on any atom is -0.345 e. The number of aryl methyl sites for hydroxylation is 1. The molecule has 0 spiro atoms. The van der Waals surface area contributed by atoms with Crippen LogP contribution in [0.25, 0.3) is 0 Å². The van der Waals surface area contributed by atoms with E-state index in [9.17, 15) is 13.2 Å². The second-order valence-corrected chi connectivity index (χ2v) is 9.05. The van der Waals surface area contributed by atoms with E-state index in [0.29, 0.717) is 0 Å². The summed E-state index contributed by atoms with van der Waals surface area (Å²) in [7, 11) is -3.75. The first-order chi connectivity index (χ1) is 14.3. The van der Waals surface area contributed by atoms with Gasteiger partial charge in [0.25, 0.3) is 15.9 Å². The number of hydrogen-bond donors (Lipinski definition) is 2. The fourth-order valence-corrected chi connectivity index (χ4v) is 4.35. The van der Waals surface area contributed by atoms with E-state index in [2.05, 4.69) is 10.0 Å². The van der Waals surface area contributed by atoms with Gasteiger partial charge in [0.1, 0.15) is 0 Å². The quantitative estimate of drug-likeness (QED) is 0.519. The normalized spacial score (nSPS) is 12.2. The lowest BCUT2D eigenvalue weighted by Crippen LogP contribution is -2.28. The molecular weight excluding hydrogens is 420 g/mol. The zero-order valence-corrected chi connectivity index (χ0v) is 18.3.